The summed E-state index contributed by atoms with van der Waals surface area (Å²) in [5.41, 5.74) is 3.08. The van der Waals surface area contributed by atoms with Gasteiger partial charge in [0, 0.05) is 12.0 Å². The van der Waals surface area contributed by atoms with Crippen molar-refractivity contribution in [2.45, 2.75) is 45.9 Å². The molecule has 1 N–H and O–H groups in total. The molecular weight excluding hydrogens is 580 g/mol. The van der Waals surface area contributed by atoms with Crippen LogP contribution in [-0.4, -0.2) is 40.5 Å². The zero-order valence-corrected chi connectivity index (χ0v) is 25.2. The van der Waals surface area contributed by atoms with Crippen LogP contribution < -0.4 is 14.4 Å². The first kappa shape index (κ1) is 29.1. The molecule has 224 valence electrons. The predicted molar refractivity (Wildman–Crippen MR) is 165 cm³/mol. The molecule has 1 aromatic heterocycles. The Kier molecular flexibility index (Phi) is 7.92. The molecule has 1 saturated heterocycles. The summed E-state index contributed by atoms with van der Waals surface area (Å²) < 4.78 is 17.0. The van der Waals surface area contributed by atoms with E-state index in [-0.39, 0.29) is 34.1 Å². The Labute approximate surface area is 258 Å². The Hall–Kier alpha value is -4.96. The number of thiazole rings is 1. The van der Waals surface area contributed by atoms with E-state index in [4.69, 9.17) is 14.2 Å². The van der Waals surface area contributed by atoms with Crippen LogP contribution in [0.15, 0.2) is 78.4 Å². The van der Waals surface area contributed by atoms with Crippen LogP contribution in [0.25, 0.3) is 5.76 Å². The van der Waals surface area contributed by atoms with E-state index in [0.29, 0.717) is 35.6 Å². The molecule has 0 saturated carbocycles. The molecule has 0 unspecified atom stereocenters. The van der Waals surface area contributed by atoms with Gasteiger partial charge >= 0.3 is 11.9 Å². The molecule has 10 heteroatoms. The smallest absolute Gasteiger partial charge is 0.350 e. The number of aliphatic hydroxyl groups is 1. The summed E-state index contributed by atoms with van der Waals surface area (Å²) in [5.74, 6) is -1.36. The summed E-state index contributed by atoms with van der Waals surface area (Å²) in [6, 6.07) is 20.9. The van der Waals surface area contributed by atoms with E-state index in [1.165, 1.54) is 4.90 Å². The maximum atomic E-state index is 13.7. The van der Waals surface area contributed by atoms with E-state index in [0.717, 1.165) is 28.2 Å². The molecule has 2 atom stereocenters. The molecule has 0 spiro atoms. The zero-order valence-electron chi connectivity index (χ0n) is 24.4. The Morgan fingerprint density at radius 3 is 2.66 bits per heavy atom. The molecule has 6 rings (SSSR count). The Balaban J connectivity index is 1.45. The minimum absolute atomic E-state index is 0.00617. The monoisotopic (exact) mass is 610 g/mol. The van der Waals surface area contributed by atoms with Crippen LogP contribution in [0.4, 0.5) is 5.13 Å². The molecule has 2 aliphatic heterocycles. The van der Waals surface area contributed by atoms with Crippen molar-refractivity contribution in [2.75, 3.05) is 11.5 Å². The van der Waals surface area contributed by atoms with Gasteiger partial charge in [0.15, 0.2) is 5.13 Å². The fourth-order valence-electron chi connectivity index (χ4n) is 5.46. The van der Waals surface area contributed by atoms with E-state index < -0.39 is 23.7 Å². The highest BCUT2D eigenvalue weighted by molar-refractivity contribution is 7.17. The van der Waals surface area contributed by atoms with E-state index in [1.54, 1.807) is 56.3 Å². The topological polar surface area (TPSA) is 115 Å². The molecule has 0 radical (unpaired) electrons. The summed E-state index contributed by atoms with van der Waals surface area (Å²) in [5, 5.41) is 11.8. The number of aliphatic hydroxyl groups excluding tert-OH is 1. The van der Waals surface area contributed by atoms with Crippen molar-refractivity contribution in [3.8, 4) is 11.5 Å². The van der Waals surface area contributed by atoms with Crippen molar-refractivity contribution in [2.24, 2.45) is 0 Å². The lowest BCUT2D eigenvalue weighted by Crippen LogP contribution is -2.29. The van der Waals surface area contributed by atoms with Crippen molar-refractivity contribution in [1.82, 2.24) is 4.98 Å². The lowest BCUT2D eigenvalue weighted by molar-refractivity contribution is -0.132. The van der Waals surface area contributed by atoms with Crippen LogP contribution in [0.3, 0.4) is 0 Å². The van der Waals surface area contributed by atoms with Gasteiger partial charge in [0.1, 0.15) is 34.8 Å². The van der Waals surface area contributed by atoms with E-state index >= 15 is 0 Å². The third kappa shape index (κ3) is 5.44. The highest BCUT2D eigenvalue weighted by Crippen LogP contribution is 2.45. The Morgan fingerprint density at radius 2 is 1.89 bits per heavy atom. The van der Waals surface area contributed by atoms with Crippen LogP contribution in [0.2, 0.25) is 0 Å². The molecule has 9 nitrogen and oxygen atoms in total. The number of rotatable bonds is 8. The number of nitrogens with zero attached hydrogens (tertiary/aromatic N) is 2. The number of hydrogen-bond acceptors (Lipinski definition) is 9. The van der Waals surface area contributed by atoms with Crippen molar-refractivity contribution < 1.29 is 33.7 Å². The predicted octanol–water partition coefficient (Wildman–Crippen LogP) is 6.16. The fourth-order valence-corrected chi connectivity index (χ4v) is 6.44. The second-order valence-electron chi connectivity index (χ2n) is 10.6. The minimum Gasteiger partial charge on any atom is -0.507 e. The number of aryl methyl sites for hydroxylation is 1. The molecule has 1 fully saturated rings. The van der Waals surface area contributed by atoms with Crippen molar-refractivity contribution in [3.05, 3.63) is 111 Å². The number of aromatic nitrogens is 1. The Bertz CT molecular complexity index is 1800. The van der Waals surface area contributed by atoms with Gasteiger partial charge in [0.05, 0.1) is 23.9 Å². The van der Waals surface area contributed by atoms with Gasteiger partial charge in [-0.3, -0.25) is 14.5 Å². The summed E-state index contributed by atoms with van der Waals surface area (Å²) in [7, 11) is 0. The minimum atomic E-state index is -1.04. The number of carbonyl (C=O) groups is 3. The fraction of sp³-hybridized carbons (Fsp3) is 0.235. The number of fused-ring (bicyclic) bond motifs is 1. The average Bonchev–Trinajstić information content (AvgIpc) is 3.68. The van der Waals surface area contributed by atoms with Crippen LogP contribution in [0.5, 0.6) is 11.5 Å². The first-order valence-corrected chi connectivity index (χ1v) is 15.1. The number of ether oxygens (including phenoxy) is 3. The van der Waals surface area contributed by atoms with Gasteiger partial charge < -0.3 is 19.3 Å². The molecule has 1 amide bonds. The van der Waals surface area contributed by atoms with Gasteiger partial charge in [-0.1, -0.05) is 53.8 Å². The first-order chi connectivity index (χ1) is 21.2. The largest absolute Gasteiger partial charge is 0.507 e. The molecule has 44 heavy (non-hydrogen) atoms. The maximum Gasteiger partial charge on any atom is 0.350 e. The van der Waals surface area contributed by atoms with Gasteiger partial charge in [-0.05, 0) is 67.8 Å². The lowest BCUT2D eigenvalue weighted by Gasteiger charge is -2.23. The molecule has 3 heterocycles. The van der Waals surface area contributed by atoms with Gasteiger partial charge in [0.2, 0.25) is 0 Å². The maximum absolute atomic E-state index is 13.7. The van der Waals surface area contributed by atoms with Crippen molar-refractivity contribution in [1.29, 1.82) is 0 Å². The van der Waals surface area contributed by atoms with Gasteiger partial charge in [-0.2, -0.15) is 0 Å². The molecule has 3 aromatic carbocycles. The SMILES string of the molecule is CCOC(=O)c1sc(N2C(=O)C(=O)C(=C(O)c3ccc4c(c3)C[C@@H](C)O4)[C@H]2c2cccc(OCc3ccccc3)c2)nc1C. The summed E-state index contributed by atoms with van der Waals surface area (Å²) in [4.78, 5) is 46.0. The van der Waals surface area contributed by atoms with Crippen LogP contribution in [0, 0.1) is 6.92 Å². The second kappa shape index (κ2) is 12.0. The zero-order chi connectivity index (χ0) is 31.0. The van der Waals surface area contributed by atoms with Crippen molar-refractivity contribution >= 4 is 39.9 Å². The first-order valence-electron chi connectivity index (χ1n) is 14.3. The third-order valence-electron chi connectivity index (χ3n) is 7.49. The molecule has 2 aliphatic rings. The van der Waals surface area contributed by atoms with Crippen LogP contribution in [-0.2, 0) is 27.4 Å². The number of Topliss-reactive ketones (excluding diaryl/α,β-unsaturated/α-hetero) is 1. The summed E-state index contributed by atoms with van der Waals surface area (Å²) in [6.45, 7) is 5.79. The summed E-state index contributed by atoms with van der Waals surface area (Å²) >= 11 is 0.962. The lowest BCUT2D eigenvalue weighted by atomic mass is 9.94. The van der Waals surface area contributed by atoms with E-state index in [1.807, 2.05) is 37.3 Å². The average molecular weight is 611 g/mol. The highest BCUT2D eigenvalue weighted by atomic mass is 32.1. The van der Waals surface area contributed by atoms with E-state index in [9.17, 15) is 19.5 Å². The van der Waals surface area contributed by atoms with Crippen molar-refractivity contribution in [3.63, 3.8) is 0 Å². The van der Waals surface area contributed by atoms with Gasteiger partial charge in [-0.25, -0.2) is 9.78 Å². The molecular formula is C34H30N2O7S. The number of hydrogen-bond donors (Lipinski definition) is 1. The number of carbonyl (C=O) groups excluding carboxylic acids is 3. The van der Waals surface area contributed by atoms with Gasteiger partial charge in [0.25, 0.3) is 5.78 Å². The van der Waals surface area contributed by atoms with E-state index in [2.05, 4.69) is 4.98 Å². The highest BCUT2D eigenvalue weighted by Gasteiger charge is 2.48. The van der Waals surface area contributed by atoms with Crippen LogP contribution >= 0.6 is 11.3 Å². The number of ketones is 1. The normalized spacial score (nSPS) is 18.7. The molecule has 0 bridgehead atoms. The number of anilines is 1. The standard InChI is InChI=1S/C34H30N2O7S/c1-4-41-33(40)31-20(3)35-34(44-31)36-28(22-11-8-12-25(17-22)42-18-21-9-6-5-7-10-21)27(30(38)32(36)39)29(37)23-13-14-26-24(16-23)15-19(2)43-26/h5-14,16-17,19,28,37H,4,15,18H2,1-3H3/t19-,28-/m1/s1. The second-order valence-corrected chi connectivity index (χ2v) is 11.6. The summed E-state index contributed by atoms with van der Waals surface area (Å²) in [6.07, 6.45) is 0.651. The molecule has 4 aromatic rings. The quantitative estimate of drug-likeness (QED) is 0.109. The van der Waals surface area contributed by atoms with Crippen LogP contribution in [0.1, 0.15) is 57.5 Å². The Morgan fingerprint density at radius 1 is 1.09 bits per heavy atom. The van der Waals surface area contributed by atoms with Gasteiger partial charge in [-0.15, -0.1) is 0 Å². The third-order valence-corrected chi connectivity index (χ3v) is 8.63. The number of amides is 1. The number of benzene rings is 3. The molecule has 0 aliphatic carbocycles. The number of esters is 1.